The number of aliphatic hydroxyl groups is 1. The number of carbonyl (C=O) groups is 1. The lowest BCUT2D eigenvalue weighted by Gasteiger charge is -2.34. The summed E-state index contributed by atoms with van der Waals surface area (Å²) in [6.07, 6.45) is 2.77. The van der Waals surface area contributed by atoms with E-state index >= 15 is 0 Å². The average Bonchev–Trinajstić information content (AvgIpc) is 2.97. The Hall–Kier alpha value is -3.45. The van der Waals surface area contributed by atoms with E-state index in [1.54, 1.807) is 12.1 Å². The zero-order chi connectivity index (χ0) is 22.1. The quantitative estimate of drug-likeness (QED) is 0.443. The molecule has 3 aromatic rings. The third-order valence-electron chi connectivity index (χ3n) is 5.00. The molecule has 0 bridgehead atoms. The lowest BCUT2D eigenvalue weighted by Crippen LogP contribution is -2.43. The Balaban J connectivity index is 0.00000124. The fourth-order valence-electron chi connectivity index (χ4n) is 3.70. The van der Waals surface area contributed by atoms with Gasteiger partial charge in [0.05, 0.1) is 11.1 Å². The Morgan fingerprint density at radius 1 is 1.17 bits per heavy atom. The molecule has 0 saturated carbocycles. The number of pyridine rings is 1. The molecule has 0 saturated heterocycles. The summed E-state index contributed by atoms with van der Waals surface area (Å²) < 4.78 is 13.2. The highest BCUT2D eigenvalue weighted by atomic mass is 19.1. The number of amides is 1. The van der Waals surface area contributed by atoms with Crippen molar-refractivity contribution >= 4 is 16.8 Å². The number of hydrogen-bond donors (Lipinski definition) is 3. The van der Waals surface area contributed by atoms with E-state index in [0.717, 1.165) is 4.90 Å². The van der Waals surface area contributed by atoms with Gasteiger partial charge in [-0.3, -0.25) is 9.78 Å². The number of benzene rings is 2. The third-order valence-corrected chi connectivity index (χ3v) is 5.00. The lowest BCUT2D eigenvalue weighted by atomic mass is 9.93. The van der Waals surface area contributed by atoms with E-state index in [4.69, 9.17) is 0 Å². The van der Waals surface area contributed by atoms with Gasteiger partial charge < -0.3 is 20.2 Å². The van der Waals surface area contributed by atoms with Crippen molar-refractivity contribution < 1.29 is 24.5 Å². The summed E-state index contributed by atoms with van der Waals surface area (Å²) >= 11 is 0. The Labute approximate surface area is 173 Å². The SMILES string of the molecule is C=CCC1(O)c2c(c(O)c3ncccc3c2O)C(=O)N1Cc1ccc(F)cc1.CC. The number of nitrogens with zero attached hydrogens (tertiary/aromatic N) is 2. The maximum absolute atomic E-state index is 13.2. The molecule has 6 nitrogen and oxygen atoms in total. The summed E-state index contributed by atoms with van der Waals surface area (Å²) in [6, 6.07) is 8.62. The molecule has 156 valence electrons. The second kappa shape index (κ2) is 8.12. The van der Waals surface area contributed by atoms with Crippen LogP contribution < -0.4 is 0 Å². The van der Waals surface area contributed by atoms with E-state index in [-0.39, 0.29) is 40.7 Å². The number of rotatable bonds is 4. The number of carbonyl (C=O) groups excluding carboxylic acids is 1. The molecule has 1 atom stereocenters. The Bertz CT molecular complexity index is 1110. The molecule has 1 aliphatic heterocycles. The molecule has 0 fully saturated rings. The van der Waals surface area contributed by atoms with Crippen LogP contribution in [0.2, 0.25) is 0 Å². The normalized spacial score (nSPS) is 17.5. The van der Waals surface area contributed by atoms with Gasteiger partial charge in [0.1, 0.15) is 17.1 Å². The number of phenols is 2. The summed E-state index contributed by atoms with van der Waals surface area (Å²) in [7, 11) is 0. The summed E-state index contributed by atoms with van der Waals surface area (Å²) in [4.78, 5) is 18.3. The highest BCUT2D eigenvalue weighted by Gasteiger charge is 2.52. The number of halogens is 1. The number of hydrogen-bond acceptors (Lipinski definition) is 5. The van der Waals surface area contributed by atoms with Crippen molar-refractivity contribution in [3.05, 3.63) is 77.8 Å². The maximum Gasteiger partial charge on any atom is 0.261 e. The third kappa shape index (κ3) is 3.17. The minimum absolute atomic E-state index is 0.0548. The minimum Gasteiger partial charge on any atom is -0.507 e. The van der Waals surface area contributed by atoms with Crippen molar-refractivity contribution in [2.24, 2.45) is 0 Å². The second-order valence-electron chi connectivity index (χ2n) is 6.67. The fraction of sp³-hybridized carbons (Fsp3) is 0.217. The van der Waals surface area contributed by atoms with Gasteiger partial charge >= 0.3 is 0 Å². The van der Waals surface area contributed by atoms with Gasteiger partial charge in [0, 0.05) is 24.5 Å². The van der Waals surface area contributed by atoms with E-state index in [1.807, 2.05) is 13.8 Å². The Morgan fingerprint density at radius 3 is 2.47 bits per heavy atom. The lowest BCUT2D eigenvalue weighted by molar-refractivity contribution is -0.0867. The Kier molecular flexibility index (Phi) is 5.75. The summed E-state index contributed by atoms with van der Waals surface area (Å²) in [6.45, 7) is 7.58. The minimum atomic E-state index is -1.92. The first-order valence-electron chi connectivity index (χ1n) is 9.61. The molecule has 0 spiro atoms. The van der Waals surface area contributed by atoms with E-state index in [9.17, 15) is 24.5 Å². The van der Waals surface area contributed by atoms with Crippen molar-refractivity contribution in [3.8, 4) is 11.5 Å². The number of aromatic nitrogens is 1. The van der Waals surface area contributed by atoms with Gasteiger partial charge in [-0.05, 0) is 29.8 Å². The highest BCUT2D eigenvalue weighted by molar-refractivity contribution is 6.09. The molecule has 30 heavy (non-hydrogen) atoms. The van der Waals surface area contributed by atoms with Gasteiger partial charge in [0.25, 0.3) is 5.91 Å². The van der Waals surface area contributed by atoms with Gasteiger partial charge in [0.2, 0.25) is 0 Å². The van der Waals surface area contributed by atoms with E-state index in [0.29, 0.717) is 5.56 Å². The molecule has 2 aromatic carbocycles. The first kappa shape index (κ1) is 21.3. The highest BCUT2D eigenvalue weighted by Crippen LogP contribution is 2.51. The van der Waals surface area contributed by atoms with Gasteiger partial charge in [0.15, 0.2) is 11.5 Å². The summed E-state index contributed by atoms with van der Waals surface area (Å²) in [5, 5.41) is 33.1. The molecule has 3 N–H and O–H groups in total. The molecule has 1 aliphatic rings. The van der Waals surface area contributed by atoms with Crippen molar-refractivity contribution in [2.45, 2.75) is 32.5 Å². The average molecular weight is 410 g/mol. The molecule has 0 aliphatic carbocycles. The maximum atomic E-state index is 13.2. The van der Waals surface area contributed by atoms with Crippen LogP contribution in [-0.2, 0) is 12.3 Å². The molecule has 2 heterocycles. The molecule has 4 rings (SSSR count). The van der Waals surface area contributed by atoms with Gasteiger partial charge in [-0.25, -0.2) is 4.39 Å². The van der Waals surface area contributed by atoms with Gasteiger partial charge in [-0.1, -0.05) is 32.1 Å². The van der Waals surface area contributed by atoms with Crippen LogP contribution >= 0.6 is 0 Å². The van der Waals surface area contributed by atoms with Crippen LogP contribution in [0.3, 0.4) is 0 Å². The van der Waals surface area contributed by atoms with E-state index in [2.05, 4.69) is 11.6 Å². The monoisotopic (exact) mass is 410 g/mol. The standard InChI is InChI=1S/C21H17FN2O4.C2H6/c1-2-9-21(28)16-15(19(26)17-14(18(16)25)4-3-10-23-17)20(27)24(21)11-12-5-7-13(22)8-6-12;1-2/h2-8,10,25-26,28H,1,9,11H2;1-2H3. The van der Waals surface area contributed by atoms with Crippen molar-refractivity contribution in [1.82, 2.24) is 9.88 Å². The van der Waals surface area contributed by atoms with Gasteiger partial charge in [-0.15, -0.1) is 6.58 Å². The molecule has 7 heteroatoms. The number of fused-ring (bicyclic) bond motifs is 2. The summed E-state index contributed by atoms with van der Waals surface area (Å²) in [5.74, 6) is -1.81. The summed E-state index contributed by atoms with van der Waals surface area (Å²) in [5.41, 5.74) is -1.57. The van der Waals surface area contributed by atoms with Crippen LogP contribution in [0, 0.1) is 5.82 Å². The van der Waals surface area contributed by atoms with Crippen LogP contribution in [-0.4, -0.2) is 31.1 Å². The largest absolute Gasteiger partial charge is 0.507 e. The Morgan fingerprint density at radius 2 is 1.83 bits per heavy atom. The smallest absolute Gasteiger partial charge is 0.261 e. The predicted molar refractivity (Wildman–Crippen MR) is 111 cm³/mol. The first-order chi connectivity index (χ1) is 14.4. The molecule has 1 unspecified atom stereocenters. The number of phenolic OH excluding ortho intramolecular Hbond substituents is 2. The second-order valence-corrected chi connectivity index (χ2v) is 6.67. The number of aromatic hydroxyl groups is 2. The molecule has 1 amide bonds. The van der Waals surface area contributed by atoms with E-state index < -0.39 is 23.2 Å². The first-order valence-corrected chi connectivity index (χ1v) is 9.61. The predicted octanol–water partition coefficient (Wildman–Crippen LogP) is 4.19. The fourth-order valence-corrected chi connectivity index (χ4v) is 3.70. The van der Waals surface area contributed by atoms with Crippen molar-refractivity contribution in [1.29, 1.82) is 0 Å². The van der Waals surface area contributed by atoms with E-state index in [1.165, 1.54) is 36.5 Å². The molecule has 1 aromatic heterocycles. The van der Waals surface area contributed by atoms with Crippen molar-refractivity contribution in [3.63, 3.8) is 0 Å². The molecular formula is C23H23FN2O4. The zero-order valence-corrected chi connectivity index (χ0v) is 16.8. The molecule has 0 radical (unpaired) electrons. The van der Waals surface area contributed by atoms with Crippen LogP contribution in [0.25, 0.3) is 10.9 Å². The molecular weight excluding hydrogens is 387 g/mol. The van der Waals surface area contributed by atoms with Crippen LogP contribution in [0.1, 0.15) is 41.8 Å². The van der Waals surface area contributed by atoms with Crippen LogP contribution in [0.4, 0.5) is 4.39 Å². The van der Waals surface area contributed by atoms with Crippen molar-refractivity contribution in [2.75, 3.05) is 0 Å². The topological polar surface area (TPSA) is 93.9 Å². The van der Waals surface area contributed by atoms with Crippen LogP contribution in [0.15, 0.2) is 55.3 Å². The van der Waals surface area contributed by atoms with Gasteiger partial charge in [-0.2, -0.15) is 0 Å². The van der Waals surface area contributed by atoms with Crippen LogP contribution in [0.5, 0.6) is 11.5 Å². The zero-order valence-electron chi connectivity index (χ0n) is 16.8.